The predicted octanol–water partition coefficient (Wildman–Crippen LogP) is 4.31. The molecule has 6 rings (SSSR count). The fraction of sp³-hybridized carbons (Fsp3) is 0.500. The summed E-state index contributed by atoms with van der Waals surface area (Å²) >= 11 is 6.14. The Hall–Kier alpha value is -3.05. The summed E-state index contributed by atoms with van der Waals surface area (Å²) in [5.74, 6) is -1.26. The zero-order valence-corrected chi connectivity index (χ0v) is 20.2. The number of nitrogens with zero attached hydrogens (tertiary/aromatic N) is 4. The molecule has 1 aliphatic heterocycles. The van der Waals surface area contributed by atoms with Crippen LogP contribution in [0, 0.1) is 23.0 Å². The minimum absolute atomic E-state index is 0.0581. The maximum atomic E-state index is 14.6. The topological polar surface area (TPSA) is 120 Å². The van der Waals surface area contributed by atoms with Gasteiger partial charge in [0, 0.05) is 29.5 Å². The van der Waals surface area contributed by atoms with E-state index in [1.54, 1.807) is 6.20 Å². The van der Waals surface area contributed by atoms with E-state index in [1.165, 1.54) is 0 Å². The quantitative estimate of drug-likeness (QED) is 0.445. The molecule has 1 amide bonds. The van der Waals surface area contributed by atoms with Crippen LogP contribution in [0.1, 0.15) is 44.6 Å². The molecule has 12 heteroatoms. The summed E-state index contributed by atoms with van der Waals surface area (Å²) in [6.07, 6.45) is 6.27. The first kappa shape index (κ1) is 23.4. The molecular weight excluding hydrogens is 492 g/mol. The minimum Gasteiger partial charge on any atom is -0.380 e. The number of carbonyl (C=O) groups excluding carboxylic acids is 1. The maximum Gasteiger partial charge on any atom is 0.224 e. The Balaban J connectivity index is 1.33. The van der Waals surface area contributed by atoms with Crippen molar-refractivity contribution in [3.05, 3.63) is 35.0 Å². The van der Waals surface area contributed by atoms with E-state index in [-0.39, 0.29) is 34.6 Å². The number of aromatic nitrogens is 4. The summed E-state index contributed by atoms with van der Waals surface area (Å²) in [4.78, 5) is 25.5. The van der Waals surface area contributed by atoms with Gasteiger partial charge >= 0.3 is 0 Å². The van der Waals surface area contributed by atoms with Gasteiger partial charge in [-0.2, -0.15) is 4.98 Å². The van der Waals surface area contributed by atoms with Gasteiger partial charge < -0.3 is 21.1 Å². The van der Waals surface area contributed by atoms with Crippen LogP contribution in [-0.2, 0) is 9.53 Å². The van der Waals surface area contributed by atoms with Crippen LogP contribution in [0.5, 0.6) is 0 Å². The number of primary amides is 1. The highest BCUT2D eigenvalue weighted by Crippen LogP contribution is 2.47. The lowest BCUT2D eigenvalue weighted by atomic mass is 9.64. The Labute approximate surface area is 210 Å². The van der Waals surface area contributed by atoms with Crippen LogP contribution >= 0.6 is 11.6 Å². The highest BCUT2D eigenvalue weighted by molar-refractivity contribution is 6.33. The number of anilines is 3. The zero-order valence-electron chi connectivity index (χ0n) is 19.4. The van der Waals surface area contributed by atoms with Crippen molar-refractivity contribution in [3.8, 4) is 0 Å². The van der Waals surface area contributed by atoms with Crippen LogP contribution in [0.15, 0.2) is 18.3 Å². The van der Waals surface area contributed by atoms with Gasteiger partial charge in [-0.1, -0.05) is 11.6 Å². The molecule has 3 aromatic rings. The minimum atomic E-state index is -0.830. The fourth-order valence-corrected chi connectivity index (χ4v) is 5.92. The van der Waals surface area contributed by atoms with E-state index in [4.69, 9.17) is 27.1 Å². The average Bonchev–Trinajstić information content (AvgIpc) is 3.14. The Morgan fingerprint density at radius 3 is 2.56 bits per heavy atom. The summed E-state index contributed by atoms with van der Waals surface area (Å²) < 4.78 is 35.5. The first-order valence-electron chi connectivity index (χ1n) is 12.1. The van der Waals surface area contributed by atoms with Gasteiger partial charge in [-0.3, -0.25) is 9.36 Å². The van der Waals surface area contributed by atoms with Crippen LogP contribution in [0.4, 0.5) is 26.4 Å². The molecule has 0 radical (unpaired) electrons. The summed E-state index contributed by atoms with van der Waals surface area (Å²) in [5, 5.41) is 6.26. The lowest BCUT2D eigenvalue weighted by Crippen LogP contribution is -2.56. The van der Waals surface area contributed by atoms with E-state index in [1.807, 2.05) is 4.57 Å². The molecule has 3 aliphatic rings. The van der Waals surface area contributed by atoms with Gasteiger partial charge in [0.1, 0.15) is 11.3 Å². The van der Waals surface area contributed by atoms with Crippen LogP contribution in [0.3, 0.4) is 0 Å². The molecular formula is C24H26ClF2N7O2. The number of ether oxygens (including phenoxy) is 1. The SMILES string of the molecule is NC(=O)[C@H]1CC[C@H](n2c(Nc3c(F)cc(F)cc3Cl)nc3cnc(NC4CC5(COC5)C4)nc32)CC1. The number of imidazole rings is 1. The largest absolute Gasteiger partial charge is 0.380 e. The van der Waals surface area contributed by atoms with Crippen molar-refractivity contribution in [2.75, 3.05) is 23.8 Å². The molecule has 1 spiro atoms. The van der Waals surface area contributed by atoms with Gasteiger partial charge in [-0.15, -0.1) is 0 Å². The van der Waals surface area contributed by atoms with Crippen LogP contribution in [0.25, 0.3) is 11.2 Å². The zero-order chi connectivity index (χ0) is 25.0. The fourth-order valence-electron chi connectivity index (χ4n) is 5.68. The number of carbonyl (C=O) groups is 1. The smallest absolute Gasteiger partial charge is 0.224 e. The first-order chi connectivity index (χ1) is 17.3. The van der Waals surface area contributed by atoms with Crippen molar-refractivity contribution in [2.45, 2.75) is 50.6 Å². The van der Waals surface area contributed by atoms with E-state index in [2.05, 4.69) is 20.6 Å². The molecule has 1 aromatic carbocycles. The van der Waals surface area contributed by atoms with Gasteiger partial charge in [0.2, 0.25) is 17.8 Å². The molecule has 190 valence electrons. The Bertz CT molecular complexity index is 1310. The third-order valence-corrected chi connectivity index (χ3v) is 7.95. The van der Waals surface area contributed by atoms with Crippen LogP contribution in [0.2, 0.25) is 5.02 Å². The molecule has 0 atom stereocenters. The maximum absolute atomic E-state index is 14.6. The summed E-state index contributed by atoms with van der Waals surface area (Å²) in [6, 6.07) is 2.02. The van der Waals surface area contributed by atoms with Gasteiger partial charge in [0.15, 0.2) is 11.5 Å². The Kier molecular flexibility index (Phi) is 5.71. The van der Waals surface area contributed by atoms with Crippen LogP contribution < -0.4 is 16.4 Å². The second kappa shape index (κ2) is 8.81. The van der Waals surface area contributed by atoms with Crippen molar-refractivity contribution in [3.63, 3.8) is 0 Å². The van der Waals surface area contributed by atoms with Gasteiger partial charge in [0.05, 0.1) is 30.1 Å². The molecule has 3 heterocycles. The Morgan fingerprint density at radius 2 is 1.92 bits per heavy atom. The lowest BCUT2D eigenvalue weighted by Gasteiger charge is -2.53. The van der Waals surface area contributed by atoms with E-state index in [0.717, 1.165) is 38.2 Å². The highest BCUT2D eigenvalue weighted by atomic mass is 35.5. The summed E-state index contributed by atoms with van der Waals surface area (Å²) in [5.41, 5.74) is 6.86. The third kappa shape index (κ3) is 4.13. The van der Waals surface area contributed by atoms with E-state index >= 15 is 0 Å². The number of hydrogen-bond acceptors (Lipinski definition) is 7. The van der Waals surface area contributed by atoms with Gasteiger partial charge in [-0.05, 0) is 44.6 Å². The van der Waals surface area contributed by atoms with E-state index < -0.39 is 11.6 Å². The van der Waals surface area contributed by atoms with Crippen LogP contribution in [-0.4, -0.2) is 44.7 Å². The molecule has 2 saturated carbocycles. The summed E-state index contributed by atoms with van der Waals surface area (Å²) in [6.45, 7) is 1.62. The number of fused-ring (bicyclic) bond motifs is 1. The average molecular weight is 518 g/mol. The Morgan fingerprint density at radius 1 is 1.17 bits per heavy atom. The van der Waals surface area contributed by atoms with Crippen molar-refractivity contribution in [1.29, 1.82) is 0 Å². The number of nitrogens with two attached hydrogens (primary N) is 1. The number of benzene rings is 1. The molecule has 9 nitrogen and oxygen atoms in total. The van der Waals surface area contributed by atoms with E-state index in [9.17, 15) is 13.6 Å². The number of amides is 1. The molecule has 1 saturated heterocycles. The van der Waals surface area contributed by atoms with E-state index in [0.29, 0.717) is 54.2 Å². The lowest BCUT2D eigenvalue weighted by molar-refractivity contribution is -0.160. The molecule has 36 heavy (non-hydrogen) atoms. The molecule has 0 bridgehead atoms. The standard InChI is InChI=1S/C24H26ClF2N7O2/c25-16-5-13(26)6-17(27)19(16)32-23-31-18-9-29-22(30-14-7-24(8-14)10-36-11-24)33-21(18)34(23)15-3-1-12(2-4-15)20(28)35/h5-6,9,12,14-15H,1-4,7-8,10-11H2,(H2,28,35)(H,31,32)(H,29,30,33)/t12-,15-. The monoisotopic (exact) mass is 517 g/mol. The normalized spacial score (nSPS) is 23.3. The third-order valence-electron chi connectivity index (χ3n) is 7.65. The molecule has 4 N–H and O–H groups in total. The number of halogens is 3. The second-order valence-electron chi connectivity index (χ2n) is 10.2. The number of rotatable bonds is 6. The van der Waals surface area contributed by atoms with Gasteiger partial charge in [-0.25, -0.2) is 18.7 Å². The van der Waals surface area contributed by atoms with Crippen molar-refractivity contribution in [2.24, 2.45) is 17.1 Å². The first-order valence-corrected chi connectivity index (χ1v) is 12.5. The van der Waals surface area contributed by atoms with Gasteiger partial charge in [0.25, 0.3) is 0 Å². The predicted molar refractivity (Wildman–Crippen MR) is 130 cm³/mol. The van der Waals surface area contributed by atoms with Crippen molar-refractivity contribution >= 4 is 46.3 Å². The number of hydrogen-bond donors (Lipinski definition) is 3. The van der Waals surface area contributed by atoms with Crippen molar-refractivity contribution < 1.29 is 18.3 Å². The molecule has 2 aromatic heterocycles. The highest BCUT2D eigenvalue weighted by Gasteiger charge is 2.50. The molecule has 0 unspecified atom stereocenters. The second-order valence-corrected chi connectivity index (χ2v) is 10.6. The molecule has 3 fully saturated rings. The molecule has 2 aliphatic carbocycles. The summed E-state index contributed by atoms with van der Waals surface area (Å²) in [7, 11) is 0. The number of nitrogens with one attached hydrogen (secondary N) is 2. The van der Waals surface area contributed by atoms with Crippen molar-refractivity contribution in [1.82, 2.24) is 19.5 Å².